The molecule has 9 heteroatoms. The lowest BCUT2D eigenvalue weighted by Crippen LogP contribution is -2.45. The van der Waals surface area contributed by atoms with Crippen LogP contribution >= 0.6 is 28.7 Å². The van der Waals surface area contributed by atoms with Gasteiger partial charge in [0.15, 0.2) is 11.5 Å². The Balaban J connectivity index is 1.58. The molecule has 1 N–H and O–H groups in total. The monoisotopic (exact) mass is 449 g/mol. The molecule has 3 heterocycles. The van der Waals surface area contributed by atoms with Crippen molar-refractivity contribution in [1.29, 1.82) is 0 Å². The van der Waals surface area contributed by atoms with Crippen LogP contribution in [0, 0.1) is 5.41 Å². The van der Waals surface area contributed by atoms with Crippen LogP contribution in [0.3, 0.4) is 0 Å². The summed E-state index contributed by atoms with van der Waals surface area (Å²) in [4.78, 5) is 27.5. The first-order valence-electron chi connectivity index (χ1n) is 8.77. The first kappa shape index (κ1) is 18.6. The minimum Gasteiger partial charge on any atom is -0.464 e. The van der Waals surface area contributed by atoms with Crippen molar-refractivity contribution < 1.29 is 9.53 Å². The maximum Gasteiger partial charge on any atom is 0.360 e. The standard InChI is InChI=1S/C18H20BrN5O2S/c1-26-17(25)14-16(21-10-13(19)22-14)24-7-4-18(5-8-24)9-12-11(15(18)23-27)3-2-6-20-12/h2-3,6,10,15,23,27H,4-5,7-9H2,1H3/t15-/m1/s1. The molecule has 0 radical (unpaired) electrons. The molecular formula is C18H20BrN5O2S. The zero-order chi connectivity index (χ0) is 19.0. The summed E-state index contributed by atoms with van der Waals surface area (Å²) in [6.07, 6.45) is 6.28. The van der Waals surface area contributed by atoms with Gasteiger partial charge in [0.05, 0.1) is 13.3 Å². The van der Waals surface area contributed by atoms with E-state index < -0.39 is 5.97 Å². The predicted octanol–water partition coefficient (Wildman–Crippen LogP) is 2.74. The molecule has 7 nitrogen and oxygen atoms in total. The van der Waals surface area contributed by atoms with Gasteiger partial charge in [0, 0.05) is 31.0 Å². The number of halogens is 1. The highest BCUT2D eigenvalue weighted by Crippen LogP contribution is 2.51. The molecule has 0 aromatic carbocycles. The summed E-state index contributed by atoms with van der Waals surface area (Å²) in [5, 5.41) is 0. The number of pyridine rings is 1. The number of hydrogen-bond acceptors (Lipinski definition) is 8. The number of ether oxygens (including phenoxy) is 1. The molecular weight excluding hydrogens is 430 g/mol. The molecule has 1 atom stereocenters. The number of carbonyl (C=O) groups excluding carboxylic acids is 1. The molecule has 1 saturated heterocycles. The van der Waals surface area contributed by atoms with Crippen molar-refractivity contribution >= 4 is 40.5 Å². The molecule has 0 unspecified atom stereocenters. The molecule has 4 rings (SSSR count). The quantitative estimate of drug-likeness (QED) is 0.550. The van der Waals surface area contributed by atoms with Crippen molar-refractivity contribution in [3.63, 3.8) is 0 Å². The Hall–Kier alpha value is -1.71. The third-order valence-electron chi connectivity index (χ3n) is 5.66. The van der Waals surface area contributed by atoms with Crippen LogP contribution in [-0.2, 0) is 11.2 Å². The molecule has 27 heavy (non-hydrogen) atoms. The lowest BCUT2D eigenvalue weighted by molar-refractivity contribution is 0.0593. The lowest BCUT2D eigenvalue weighted by atomic mass is 9.73. The second-order valence-corrected chi connectivity index (χ2v) is 8.05. The van der Waals surface area contributed by atoms with Crippen LogP contribution in [-0.4, -0.2) is 41.1 Å². The Labute approximate surface area is 171 Å². The largest absolute Gasteiger partial charge is 0.464 e. The average Bonchev–Trinajstić information content (AvgIpc) is 3.00. The second-order valence-electron chi connectivity index (χ2n) is 6.98. The van der Waals surface area contributed by atoms with Crippen LogP contribution in [0.25, 0.3) is 0 Å². The van der Waals surface area contributed by atoms with Crippen molar-refractivity contribution in [2.24, 2.45) is 5.41 Å². The highest BCUT2D eigenvalue weighted by Gasteiger charge is 2.48. The predicted molar refractivity (Wildman–Crippen MR) is 108 cm³/mol. The van der Waals surface area contributed by atoms with Gasteiger partial charge in [-0.2, -0.15) is 0 Å². The van der Waals surface area contributed by atoms with Gasteiger partial charge in [0.25, 0.3) is 0 Å². The summed E-state index contributed by atoms with van der Waals surface area (Å²) < 4.78 is 8.60. The number of piperidine rings is 1. The third kappa shape index (κ3) is 3.21. The summed E-state index contributed by atoms with van der Waals surface area (Å²) in [7, 11) is 1.35. The number of methoxy groups -OCH3 is 1. The lowest BCUT2D eigenvalue weighted by Gasteiger charge is -2.43. The Morgan fingerprint density at radius 3 is 2.89 bits per heavy atom. The fourth-order valence-electron chi connectivity index (χ4n) is 4.29. The van der Waals surface area contributed by atoms with E-state index in [1.165, 1.54) is 12.7 Å². The van der Waals surface area contributed by atoms with Gasteiger partial charge in [-0.3, -0.25) is 9.71 Å². The Bertz CT molecular complexity index is 873. The van der Waals surface area contributed by atoms with E-state index in [-0.39, 0.29) is 17.2 Å². The second kappa shape index (κ2) is 7.37. The van der Waals surface area contributed by atoms with Crippen LogP contribution in [0.4, 0.5) is 5.82 Å². The number of esters is 1. The van der Waals surface area contributed by atoms with Gasteiger partial charge in [-0.05, 0) is 52.2 Å². The molecule has 1 spiro atoms. The maximum atomic E-state index is 12.1. The van der Waals surface area contributed by atoms with E-state index in [1.54, 1.807) is 6.20 Å². The van der Waals surface area contributed by atoms with Crippen molar-refractivity contribution in [3.05, 3.63) is 46.1 Å². The molecule has 1 aliphatic carbocycles. The fourth-order valence-corrected chi connectivity index (χ4v) is 4.98. The van der Waals surface area contributed by atoms with Crippen molar-refractivity contribution in [2.75, 3.05) is 25.1 Å². The summed E-state index contributed by atoms with van der Waals surface area (Å²) in [6.45, 7) is 1.56. The average molecular weight is 450 g/mol. The number of thiol groups is 1. The Morgan fingerprint density at radius 1 is 1.41 bits per heavy atom. The highest BCUT2D eigenvalue weighted by molar-refractivity contribution is 9.10. The minimum absolute atomic E-state index is 0.0726. The SMILES string of the molecule is COC(=O)c1nc(Br)cnc1N1CCC2(CC1)Cc1ncccc1[C@H]2NS. The van der Waals surface area contributed by atoms with Crippen molar-refractivity contribution in [1.82, 2.24) is 19.7 Å². The van der Waals surface area contributed by atoms with Gasteiger partial charge >= 0.3 is 5.97 Å². The molecule has 1 fully saturated rings. The van der Waals surface area contributed by atoms with E-state index in [9.17, 15) is 4.79 Å². The number of nitrogens with one attached hydrogen (secondary N) is 1. The van der Waals surface area contributed by atoms with E-state index in [0.717, 1.165) is 38.0 Å². The van der Waals surface area contributed by atoms with Gasteiger partial charge in [0.1, 0.15) is 4.60 Å². The van der Waals surface area contributed by atoms with Crippen LogP contribution in [0.5, 0.6) is 0 Å². The zero-order valence-electron chi connectivity index (χ0n) is 14.9. The normalized spacial score (nSPS) is 20.6. The first-order chi connectivity index (χ1) is 13.1. The first-order valence-corrected chi connectivity index (χ1v) is 10.0. The van der Waals surface area contributed by atoms with Crippen molar-refractivity contribution in [2.45, 2.75) is 25.3 Å². The zero-order valence-corrected chi connectivity index (χ0v) is 17.3. The number of anilines is 1. The topological polar surface area (TPSA) is 80.2 Å². The van der Waals surface area contributed by atoms with Gasteiger partial charge < -0.3 is 9.64 Å². The number of nitrogens with zero attached hydrogens (tertiary/aromatic N) is 4. The van der Waals surface area contributed by atoms with Gasteiger partial charge in [-0.25, -0.2) is 14.8 Å². The van der Waals surface area contributed by atoms with E-state index in [2.05, 4.69) is 59.4 Å². The van der Waals surface area contributed by atoms with E-state index in [0.29, 0.717) is 10.4 Å². The molecule has 1 aliphatic heterocycles. The number of carbonyl (C=O) groups is 1. The number of rotatable bonds is 3. The highest BCUT2D eigenvalue weighted by atomic mass is 79.9. The molecule has 142 valence electrons. The Morgan fingerprint density at radius 2 is 2.19 bits per heavy atom. The van der Waals surface area contributed by atoms with Crippen LogP contribution in [0.15, 0.2) is 29.1 Å². The molecule has 2 aliphatic rings. The number of hydrogen-bond donors (Lipinski definition) is 2. The molecule has 2 aromatic heterocycles. The van der Waals surface area contributed by atoms with Gasteiger partial charge in [0.2, 0.25) is 0 Å². The summed E-state index contributed by atoms with van der Waals surface area (Å²) in [5.74, 6) is 0.0929. The van der Waals surface area contributed by atoms with Crippen LogP contribution < -0.4 is 9.62 Å². The molecule has 0 saturated carbocycles. The van der Waals surface area contributed by atoms with E-state index in [4.69, 9.17) is 4.74 Å². The number of fused-ring (bicyclic) bond motifs is 1. The van der Waals surface area contributed by atoms with Gasteiger partial charge in [-0.1, -0.05) is 18.9 Å². The third-order valence-corrected chi connectivity index (χ3v) is 6.30. The van der Waals surface area contributed by atoms with Crippen LogP contribution in [0.2, 0.25) is 0 Å². The summed E-state index contributed by atoms with van der Waals surface area (Å²) in [6, 6.07) is 4.28. The summed E-state index contributed by atoms with van der Waals surface area (Å²) >= 11 is 7.68. The molecule has 0 bridgehead atoms. The van der Waals surface area contributed by atoms with E-state index >= 15 is 0 Å². The van der Waals surface area contributed by atoms with Gasteiger partial charge in [-0.15, -0.1) is 0 Å². The van der Waals surface area contributed by atoms with Crippen LogP contribution in [0.1, 0.15) is 40.6 Å². The minimum atomic E-state index is -0.480. The summed E-state index contributed by atoms with van der Waals surface area (Å²) in [5.41, 5.74) is 2.70. The molecule has 0 amide bonds. The smallest absolute Gasteiger partial charge is 0.360 e. The van der Waals surface area contributed by atoms with Crippen molar-refractivity contribution in [3.8, 4) is 0 Å². The maximum absolute atomic E-state index is 12.1. The Kier molecular flexibility index (Phi) is 5.09. The molecule has 2 aromatic rings. The number of aromatic nitrogens is 3. The fraction of sp³-hybridized carbons (Fsp3) is 0.444. The van der Waals surface area contributed by atoms with E-state index in [1.807, 2.05) is 12.3 Å².